The molecule has 6 nitrogen and oxygen atoms in total. The molecule has 1 fully saturated rings. The van der Waals surface area contributed by atoms with Gasteiger partial charge in [-0.05, 0) is 80.5 Å². The van der Waals surface area contributed by atoms with E-state index in [9.17, 15) is 19.1 Å². The number of thiophene rings is 1. The summed E-state index contributed by atoms with van der Waals surface area (Å²) in [7, 11) is 1.69. The molecule has 0 bridgehead atoms. The Bertz CT molecular complexity index is 1550. The van der Waals surface area contributed by atoms with E-state index in [1.165, 1.54) is 22.0 Å². The minimum absolute atomic E-state index is 0.0199. The quantitative estimate of drug-likeness (QED) is 0.346. The van der Waals surface area contributed by atoms with E-state index in [0.29, 0.717) is 40.2 Å². The van der Waals surface area contributed by atoms with Crippen molar-refractivity contribution in [1.82, 2.24) is 9.88 Å². The minimum atomic E-state index is -0.334. The molecular weight excluding hydrogens is 491 g/mol. The number of aryl methyl sites for hydroxylation is 3. The number of amides is 1. The van der Waals surface area contributed by atoms with Gasteiger partial charge < -0.3 is 19.7 Å². The first-order valence-electron chi connectivity index (χ1n) is 12.4. The minimum Gasteiger partial charge on any atom is -0.457 e. The molecular formula is C29H29FN2O4S. The van der Waals surface area contributed by atoms with E-state index in [2.05, 4.69) is 5.32 Å². The summed E-state index contributed by atoms with van der Waals surface area (Å²) >= 11 is 1.29. The topological polar surface area (TPSA) is 80.6 Å². The number of nitrogens with zero attached hydrogens (tertiary/aromatic N) is 1. The van der Waals surface area contributed by atoms with Crippen molar-refractivity contribution < 1.29 is 19.0 Å². The predicted molar refractivity (Wildman–Crippen MR) is 144 cm³/mol. The standard InChI is InChI=1S/C29H29FN2O4S/c1-16-10-18(12-22(11-16)36-21-9-4-17(2)25(30)13-21)24-15-32(3)29(35)23-14-26(37-27(23)24)28(34)31-19-5-7-20(33)8-6-19/h4,9-15,19-20,33H,5-8H2,1-3H3,(H,31,34). The smallest absolute Gasteiger partial charge is 0.261 e. The second kappa shape index (κ2) is 10.1. The Morgan fingerprint density at radius 2 is 1.84 bits per heavy atom. The summed E-state index contributed by atoms with van der Waals surface area (Å²) in [4.78, 5) is 26.5. The molecule has 1 aliphatic rings. The zero-order valence-electron chi connectivity index (χ0n) is 21.0. The Morgan fingerprint density at radius 1 is 1.08 bits per heavy atom. The summed E-state index contributed by atoms with van der Waals surface area (Å²) in [5.41, 5.74) is 2.96. The Kier molecular flexibility index (Phi) is 6.88. The zero-order valence-corrected chi connectivity index (χ0v) is 21.8. The lowest BCUT2D eigenvalue weighted by molar-refractivity contribution is 0.0871. The summed E-state index contributed by atoms with van der Waals surface area (Å²) in [5.74, 6) is 0.411. The molecule has 5 rings (SSSR count). The van der Waals surface area contributed by atoms with Crippen LogP contribution in [0.1, 0.15) is 46.5 Å². The molecule has 0 unspecified atom stereocenters. The van der Waals surface area contributed by atoms with Crippen LogP contribution in [0.2, 0.25) is 0 Å². The van der Waals surface area contributed by atoms with E-state index < -0.39 is 0 Å². The molecule has 8 heteroatoms. The number of rotatable bonds is 5. The molecule has 0 atom stereocenters. The lowest BCUT2D eigenvalue weighted by Crippen LogP contribution is -2.38. The van der Waals surface area contributed by atoms with Crippen molar-refractivity contribution in [1.29, 1.82) is 0 Å². The number of nitrogens with one attached hydrogen (secondary N) is 1. The Hall–Kier alpha value is -3.49. The number of aliphatic hydroxyl groups is 1. The number of pyridine rings is 1. The number of aliphatic hydroxyl groups excluding tert-OH is 1. The molecule has 37 heavy (non-hydrogen) atoms. The van der Waals surface area contributed by atoms with Crippen LogP contribution < -0.4 is 15.6 Å². The van der Waals surface area contributed by atoms with E-state index in [1.807, 2.05) is 25.1 Å². The monoisotopic (exact) mass is 520 g/mol. The number of hydrogen-bond acceptors (Lipinski definition) is 5. The number of carbonyl (C=O) groups excluding carboxylic acids is 1. The van der Waals surface area contributed by atoms with Gasteiger partial charge in [-0.25, -0.2) is 4.39 Å². The van der Waals surface area contributed by atoms with Gasteiger partial charge in [-0.15, -0.1) is 11.3 Å². The number of hydrogen-bond donors (Lipinski definition) is 2. The maximum absolute atomic E-state index is 14.0. The van der Waals surface area contributed by atoms with Crippen LogP contribution in [0.5, 0.6) is 11.5 Å². The molecule has 0 aliphatic heterocycles. The SMILES string of the molecule is Cc1cc(Oc2ccc(C)c(F)c2)cc(-c2cn(C)c(=O)c3cc(C(=O)NC4CCC(O)CC4)sc23)c1. The number of ether oxygens (including phenoxy) is 1. The van der Waals surface area contributed by atoms with E-state index in [0.717, 1.165) is 34.2 Å². The van der Waals surface area contributed by atoms with Crippen LogP contribution in [-0.4, -0.2) is 27.7 Å². The van der Waals surface area contributed by atoms with E-state index in [1.54, 1.807) is 38.4 Å². The van der Waals surface area contributed by atoms with Crippen LogP contribution >= 0.6 is 11.3 Å². The predicted octanol–water partition coefficient (Wildman–Crippen LogP) is 5.85. The van der Waals surface area contributed by atoms with Gasteiger partial charge in [0.05, 0.1) is 16.4 Å². The lowest BCUT2D eigenvalue weighted by Gasteiger charge is -2.25. The van der Waals surface area contributed by atoms with Crippen LogP contribution in [-0.2, 0) is 7.05 Å². The van der Waals surface area contributed by atoms with Crippen molar-refractivity contribution in [2.45, 2.75) is 51.7 Å². The normalized spacial score (nSPS) is 17.6. The van der Waals surface area contributed by atoms with Gasteiger partial charge in [-0.1, -0.05) is 12.1 Å². The third-order valence-electron chi connectivity index (χ3n) is 6.85. The molecule has 1 aliphatic carbocycles. The highest BCUT2D eigenvalue weighted by Crippen LogP contribution is 2.36. The molecule has 4 aromatic rings. The maximum atomic E-state index is 14.0. The number of carbonyl (C=O) groups is 1. The van der Waals surface area contributed by atoms with Gasteiger partial charge in [-0.3, -0.25) is 9.59 Å². The molecule has 1 saturated carbocycles. The van der Waals surface area contributed by atoms with Crippen LogP contribution in [0, 0.1) is 19.7 Å². The van der Waals surface area contributed by atoms with Crippen LogP contribution in [0.3, 0.4) is 0 Å². The third-order valence-corrected chi connectivity index (χ3v) is 8.01. The molecule has 192 valence electrons. The van der Waals surface area contributed by atoms with Crippen LogP contribution in [0.15, 0.2) is 53.5 Å². The highest BCUT2D eigenvalue weighted by molar-refractivity contribution is 7.21. The van der Waals surface area contributed by atoms with Crippen molar-refractivity contribution in [3.63, 3.8) is 0 Å². The Morgan fingerprint density at radius 3 is 2.57 bits per heavy atom. The zero-order chi connectivity index (χ0) is 26.3. The summed E-state index contributed by atoms with van der Waals surface area (Å²) in [6.07, 6.45) is 4.31. The summed E-state index contributed by atoms with van der Waals surface area (Å²) in [6, 6.07) is 12.2. The van der Waals surface area contributed by atoms with Crippen LogP contribution in [0.4, 0.5) is 4.39 Å². The average molecular weight is 521 g/mol. The van der Waals surface area contributed by atoms with Gasteiger partial charge >= 0.3 is 0 Å². The number of benzene rings is 2. The molecule has 0 saturated heterocycles. The highest BCUT2D eigenvalue weighted by atomic mass is 32.1. The highest BCUT2D eigenvalue weighted by Gasteiger charge is 2.23. The van der Waals surface area contributed by atoms with Gasteiger partial charge in [0.1, 0.15) is 17.3 Å². The number of halogens is 1. The Labute approximate surface area is 218 Å². The first kappa shape index (κ1) is 25.2. The van der Waals surface area contributed by atoms with Gasteiger partial charge in [0, 0.05) is 35.6 Å². The maximum Gasteiger partial charge on any atom is 0.261 e. The van der Waals surface area contributed by atoms with Crippen molar-refractivity contribution in [2.24, 2.45) is 7.05 Å². The van der Waals surface area contributed by atoms with Crippen molar-refractivity contribution >= 4 is 27.3 Å². The van der Waals surface area contributed by atoms with Gasteiger partial charge in [0.25, 0.3) is 11.5 Å². The van der Waals surface area contributed by atoms with Gasteiger partial charge in [-0.2, -0.15) is 0 Å². The molecule has 0 spiro atoms. The molecule has 2 aromatic heterocycles. The molecule has 2 aromatic carbocycles. The van der Waals surface area contributed by atoms with E-state index >= 15 is 0 Å². The first-order valence-corrected chi connectivity index (χ1v) is 13.2. The summed E-state index contributed by atoms with van der Waals surface area (Å²) < 4.78 is 22.3. The van der Waals surface area contributed by atoms with Crippen molar-refractivity contribution in [3.8, 4) is 22.6 Å². The fourth-order valence-corrected chi connectivity index (χ4v) is 5.87. The van der Waals surface area contributed by atoms with E-state index in [4.69, 9.17) is 4.74 Å². The fourth-order valence-electron chi connectivity index (χ4n) is 4.78. The summed E-state index contributed by atoms with van der Waals surface area (Å²) in [5, 5.41) is 13.3. The Balaban J connectivity index is 1.50. The van der Waals surface area contributed by atoms with Crippen LogP contribution in [0.25, 0.3) is 21.2 Å². The molecule has 0 radical (unpaired) electrons. The lowest BCUT2D eigenvalue weighted by atomic mass is 9.93. The third kappa shape index (κ3) is 5.31. The number of aromatic nitrogens is 1. The summed E-state index contributed by atoms with van der Waals surface area (Å²) in [6.45, 7) is 3.64. The largest absolute Gasteiger partial charge is 0.457 e. The van der Waals surface area contributed by atoms with Crippen molar-refractivity contribution in [3.05, 3.63) is 80.8 Å². The number of fused-ring (bicyclic) bond motifs is 1. The first-order chi connectivity index (χ1) is 17.7. The second-order valence-electron chi connectivity index (χ2n) is 9.84. The van der Waals surface area contributed by atoms with E-state index in [-0.39, 0.29) is 29.4 Å². The molecule has 1 amide bonds. The van der Waals surface area contributed by atoms with Crippen molar-refractivity contribution in [2.75, 3.05) is 0 Å². The van der Waals surface area contributed by atoms with Gasteiger partial charge in [0.2, 0.25) is 0 Å². The van der Waals surface area contributed by atoms with Gasteiger partial charge in [0.15, 0.2) is 0 Å². The average Bonchev–Trinajstić information content (AvgIpc) is 3.31. The second-order valence-corrected chi connectivity index (χ2v) is 10.9. The molecule has 2 N–H and O–H groups in total. The fraction of sp³-hybridized carbons (Fsp3) is 0.310. The molecule has 2 heterocycles.